The van der Waals surface area contributed by atoms with Gasteiger partial charge in [0, 0.05) is 12.7 Å². The van der Waals surface area contributed by atoms with Gasteiger partial charge in [0.1, 0.15) is 6.42 Å². The van der Waals surface area contributed by atoms with Gasteiger partial charge in [-0.25, -0.2) is 4.79 Å². The van der Waals surface area contributed by atoms with Crippen LogP contribution in [0.4, 0.5) is 5.69 Å². The molecule has 0 aliphatic rings. The van der Waals surface area contributed by atoms with E-state index in [0.29, 0.717) is 16.8 Å². The molecule has 0 saturated heterocycles. The van der Waals surface area contributed by atoms with Gasteiger partial charge in [-0.05, 0) is 18.2 Å². The number of benzene rings is 1. The van der Waals surface area contributed by atoms with Gasteiger partial charge in [0.2, 0.25) is 5.91 Å². The van der Waals surface area contributed by atoms with Gasteiger partial charge in [-0.15, -0.1) is 0 Å². The second-order valence-corrected chi connectivity index (χ2v) is 3.90. The molecule has 100 valence electrons. The third-order valence-corrected chi connectivity index (χ3v) is 2.69. The zero-order valence-corrected chi connectivity index (χ0v) is 10.4. The van der Waals surface area contributed by atoms with E-state index in [1.807, 2.05) is 0 Å². The van der Waals surface area contributed by atoms with Crippen molar-refractivity contribution >= 4 is 28.7 Å². The van der Waals surface area contributed by atoms with Crippen LogP contribution in [0.3, 0.4) is 0 Å². The molecule has 2 rings (SSSR count). The number of esters is 1. The van der Waals surface area contributed by atoms with Crippen LogP contribution in [-0.4, -0.2) is 31.0 Å². The van der Waals surface area contributed by atoms with Crippen LogP contribution in [0.25, 0.3) is 11.1 Å². The van der Waals surface area contributed by atoms with Crippen LogP contribution in [0.5, 0.6) is 0 Å². The Balaban J connectivity index is 2.25. The Hall–Kier alpha value is -2.57. The number of rotatable bonds is 3. The number of carbonyl (C=O) groups is 2. The summed E-state index contributed by atoms with van der Waals surface area (Å²) >= 11 is 0. The number of fused-ring (bicyclic) bond motifs is 1. The lowest BCUT2D eigenvalue weighted by Crippen LogP contribution is -2.28. The normalized spacial score (nSPS) is 10.4. The molecule has 0 saturated carbocycles. The molecular formula is C12H12N2O5. The minimum Gasteiger partial charge on any atom is -0.469 e. The number of hydrogen-bond donors (Lipinski definition) is 1. The first-order valence-electron chi connectivity index (χ1n) is 5.47. The number of aromatic amines is 1. The molecule has 7 heteroatoms. The monoisotopic (exact) mass is 264 g/mol. The van der Waals surface area contributed by atoms with E-state index in [0.717, 1.165) is 0 Å². The van der Waals surface area contributed by atoms with Crippen LogP contribution in [0.15, 0.2) is 27.4 Å². The molecule has 1 heterocycles. The van der Waals surface area contributed by atoms with E-state index in [4.69, 9.17) is 4.42 Å². The summed E-state index contributed by atoms with van der Waals surface area (Å²) in [4.78, 5) is 37.6. The highest BCUT2D eigenvalue weighted by atomic mass is 16.5. The summed E-state index contributed by atoms with van der Waals surface area (Å²) in [6, 6.07) is 4.79. The molecule has 0 aliphatic carbocycles. The summed E-state index contributed by atoms with van der Waals surface area (Å²) < 4.78 is 9.29. The van der Waals surface area contributed by atoms with Crippen LogP contribution >= 0.6 is 0 Å². The summed E-state index contributed by atoms with van der Waals surface area (Å²) in [6.45, 7) is 0. The number of oxazole rings is 1. The molecule has 0 aliphatic heterocycles. The van der Waals surface area contributed by atoms with E-state index in [9.17, 15) is 14.4 Å². The van der Waals surface area contributed by atoms with Crippen LogP contribution in [-0.2, 0) is 14.3 Å². The van der Waals surface area contributed by atoms with E-state index in [1.165, 1.54) is 19.1 Å². The van der Waals surface area contributed by atoms with Crippen molar-refractivity contribution in [3.8, 4) is 0 Å². The second-order valence-electron chi connectivity index (χ2n) is 3.90. The molecule has 1 N–H and O–H groups in total. The minimum atomic E-state index is -0.602. The first-order valence-corrected chi connectivity index (χ1v) is 5.47. The van der Waals surface area contributed by atoms with E-state index in [-0.39, 0.29) is 6.42 Å². The molecule has 2 aromatic rings. The number of H-pyrrole nitrogens is 1. The van der Waals surface area contributed by atoms with Gasteiger partial charge in [-0.3, -0.25) is 14.6 Å². The van der Waals surface area contributed by atoms with Crippen molar-refractivity contribution in [3.63, 3.8) is 0 Å². The third-order valence-electron chi connectivity index (χ3n) is 2.69. The molecule has 7 nitrogen and oxygen atoms in total. The quantitative estimate of drug-likeness (QED) is 0.649. The van der Waals surface area contributed by atoms with Crippen molar-refractivity contribution in [2.45, 2.75) is 6.42 Å². The van der Waals surface area contributed by atoms with Crippen molar-refractivity contribution in [1.29, 1.82) is 0 Å². The Morgan fingerprint density at radius 1 is 1.42 bits per heavy atom. The first kappa shape index (κ1) is 12.9. The molecule has 1 aromatic heterocycles. The molecule has 0 unspecified atom stereocenters. The van der Waals surface area contributed by atoms with E-state index >= 15 is 0 Å². The molecule has 1 aromatic carbocycles. The van der Waals surface area contributed by atoms with Crippen molar-refractivity contribution in [3.05, 3.63) is 28.7 Å². The molecule has 0 spiro atoms. The van der Waals surface area contributed by atoms with Gasteiger partial charge in [-0.2, -0.15) is 0 Å². The maximum atomic E-state index is 11.8. The molecule has 0 fully saturated rings. The molecule has 0 atom stereocenters. The fourth-order valence-corrected chi connectivity index (χ4v) is 1.61. The topological polar surface area (TPSA) is 92.6 Å². The molecule has 0 radical (unpaired) electrons. The summed E-state index contributed by atoms with van der Waals surface area (Å²) in [5.74, 6) is -1.57. The number of ether oxygens (including phenoxy) is 1. The fourth-order valence-electron chi connectivity index (χ4n) is 1.61. The van der Waals surface area contributed by atoms with Gasteiger partial charge in [-0.1, -0.05) is 0 Å². The van der Waals surface area contributed by atoms with Gasteiger partial charge < -0.3 is 14.1 Å². The highest BCUT2D eigenvalue weighted by Gasteiger charge is 2.16. The maximum absolute atomic E-state index is 11.8. The van der Waals surface area contributed by atoms with Gasteiger partial charge in [0.25, 0.3) is 0 Å². The van der Waals surface area contributed by atoms with Gasteiger partial charge in [0.15, 0.2) is 5.58 Å². The van der Waals surface area contributed by atoms with E-state index in [1.54, 1.807) is 18.2 Å². The summed E-state index contributed by atoms with van der Waals surface area (Å²) in [5, 5.41) is 0. The third kappa shape index (κ3) is 2.65. The molecular weight excluding hydrogens is 252 g/mol. The predicted octanol–water partition coefficient (Wildman–Crippen LogP) is 0.647. The fraction of sp³-hybridized carbons (Fsp3) is 0.250. The first-order chi connectivity index (χ1) is 9.01. The van der Waals surface area contributed by atoms with Gasteiger partial charge >= 0.3 is 11.7 Å². The number of aromatic nitrogens is 1. The smallest absolute Gasteiger partial charge is 0.417 e. The number of nitrogens with zero attached hydrogens (tertiary/aromatic N) is 1. The number of hydrogen-bond acceptors (Lipinski definition) is 5. The molecule has 19 heavy (non-hydrogen) atoms. The zero-order valence-electron chi connectivity index (χ0n) is 10.4. The lowest BCUT2D eigenvalue weighted by Gasteiger charge is -2.16. The lowest BCUT2D eigenvalue weighted by molar-refractivity contribution is -0.143. The standard InChI is InChI=1S/C12H12N2O5/c1-14(10(15)6-11(16)18-2)7-3-4-9-8(5-7)13-12(17)19-9/h3-5H,6H2,1-2H3,(H,13,17). The number of nitrogens with one attached hydrogen (secondary N) is 1. The minimum absolute atomic E-state index is 0.340. The Kier molecular flexibility index (Phi) is 3.37. The number of amides is 1. The predicted molar refractivity (Wildman–Crippen MR) is 66.9 cm³/mol. The average Bonchev–Trinajstić information content (AvgIpc) is 2.76. The summed E-state index contributed by atoms with van der Waals surface area (Å²) in [5.41, 5.74) is 1.43. The largest absolute Gasteiger partial charge is 0.469 e. The highest BCUT2D eigenvalue weighted by Crippen LogP contribution is 2.19. The zero-order chi connectivity index (χ0) is 14.0. The molecule has 0 bridgehead atoms. The van der Waals surface area contributed by atoms with Crippen LogP contribution in [0, 0.1) is 0 Å². The van der Waals surface area contributed by atoms with Gasteiger partial charge in [0.05, 0.1) is 12.6 Å². The van der Waals surface area contributed by atoms with E-state index in [2.05, 4.69) is 9.72 Å². The average molecular weight is 264 g/mol. The van der Waals surface area contributed by atoms with Crippen molar-refractivity contribution in [1.82, 2.24) is 4.98 Å². The van der Waals surface area contributed by atoms with Crippen molar-refractivity contribution in [2.24, 2.45) is 0 Å². The SMILES string of the molecule is COC(=O)CC(=O)N(C)c1ccc2oc(=O)[nH]c2c1. The second kappa shape index (κ2) is 4.97. The Morgan fingerprint density at radius 3 is 2.84 bits per heavy atom. The van der Waals surface area contributed by atoms with Crippen LogP contribution in [0.2, 0.25) is 0 Å². The number of anilines is 1. The van der Waals surface area contributed by atoms with E-state index < -0.39 is 17.6 Å². The Bertz CT molecular complexity index is 685. The lowest BCUT2D eigenvalue weighted by atomic mass is 10.2. The number of methoxy groups -OCH3 is 1. The van der Waals surface area contributed by atoms with Crippen LogP contribution in [0.1, 0.15) is 6.42 Å². The highest BCUT2D eigenvalue weighted by molar-refractivity contribution is 6.03. The summed E-state index contributed by atoms with van der Waals surface area (Å²) in [7, 11) is 2.75. The molecule has 1 amide bonds. The Morgan fingerprint density at radius 2 is 2.16 bits per heavy atom. The summed E-state index contributed by atoms with van der Waals surface area (Å²) in [6.07, 6.45) is -0.340. The Labute approximate surface area is 107 Å². The number of carbonyl (C=O) groups excluding carboxylic acids is 2. The van der Waals surface area contributed by atoms with Crippen molar-refractivity contribution < 1.29 is 18.7 Å². The van der Waals surface area contributed by atoms with Crippen molar-refractivity contribution in [2.75, 3.05) is 19.1 Å². The van der Waals surface area contributed by atoms with Crippen LogP contribution < -0.4 is 10.7 Å². The maximum Gasteiger partial charge on any atom is 0.417 e.